The molecule has 0 saturated carbocycles. The first kappa shape index (κ1) is 7.76. The predicted molar refractivity (Wildman–Crippen MR) is 39.9 cm³/mol. The molecule has 0 atom stereocenters. The second kappa shape index (κ2) is 2.35. The Bertz CT molecular complexity index is 91.2. The molecule has 0 fully saturated rings. The van der Waals surface area contributed by atoms with Crippen LogP contribution >= 0.6 is 0 Å². The van der Waals surface area contributed by atoms with E-state index in [2.05, 4.69) is 26.2 Å². The predicted octanol–water partition coefficient (Wildman–Crippen LogP) is 2.40. The van der Waals surface area contributed by atoms with Gasteiger partial charge in [0.15, 0.2) is 0 Å². The summed E-state index contributed by atoms with van der Waals surface area (Å²) >= 11 is 0. The normalized spacial score (nSPS) is 11.4. The molecule has 0 aliphatic rings. The van der Waals surface area contributed by atoms with Crippen LogP contribution in [-0.2, 0) is 0 Å². The maximum Gasteiger partial charge on any atom is 0.0824 e. The van der Waals surface area contributed by atoms with Gasteiger partial charge in [-0.25, -0.2) is 0 Å². The van der Waals surface area contributed by atoms with Crippen LogP contribution in [0, 0.1) is 0 Å². The van der Waals surface area contributed by atoms with Gasteiger partial charge in [0.1, 0.15) is 0 Å². The molecule has 2 heteroatoms. The Hall–Kier alpha value is -0.243. The molecule has 48 valence electrons. The van der Waals surface area contributed by atoms with Crippen LogP contribution in [0.1, 0.15) is 0 Å². The van der Waals surface area contributed by atoms with Crippen LogP contribution in [0.4, 0.5) is 0 Å². The summed E-state index contributed by atoms with van der Waals surface area (Å²) in [6.45, 7) is 10.0. The van der Waals surface area contributed by atoms with Crippen LogP contribution in [-0.4, -0.2) is 13.2 Å². The largest absolute Gasteiger partial charge is 0.513 e. The van der Waals surface area contributed by atoms with Crippen LogP contribution in [0.25, 0.3) is 0 Å². The van der Waals surface area contributed by atoms with Crippen LogP contribution in [0.15, 0.2) is 12.3 Å². The Morgan fingerprint density at radius 2 is 1.88 bits per heavy atom. The number of aliphatic hydroxyl groups is 1. The molecule has 0 heterocycles. The fourth-order valence-corrected chi connectivity index (χ4v) is 1.84. The lowest BCUT2D eigenvalue weighted by Crippen LogP contribution is -2.19. The Balaban J connectivity index is 3.55. The van der Waals surface area contributed by atoms with Crippen molar-refractivity contribution in [3.05, 3.63) is 12.3 Å². The van der Waals surface area contributed by atoms with Crippen molar-refractivity contribution in [1.29, 1.82) is 0 Å². The molecule has 0 aliphatic heterocycles. The Morgan fingerprint density at radius 1 is 1.50 bits per heavy atom. The average molecular weight is 130 g/mol. The van der Waals surface area contributed by atoms with E-state index < -0.39 is 8.07 Å². The van der Waals surface area contributed by atoms with E-state index in [1.54, 1.807) is 0 Å². The van der Waals surface area contributed by atoms with Gasteiger partial charge in [-0.3, -0.25) is 0 Å². The second-order valence-corrected chi connectivity index (χ2v) is 8.78. The molecule has 0 saturated heterocycles. The van der Waals surface area contributed by atoms with Crippen molar-refractivity contribution in [3.8, 4) is 0 Å². The van der Waals surface area contributed by atoms with Gasteiger partial charge in [0.25, 0.3) is 0 Å². The summed E-state index contributed by atoms with van der Waals surface area (Å²) < 4.78 is 0. The lowest BCUT2D eigenvalue weighted by Gasteiger charge is -2.13. The Labute approximate surface area is 52.0 Å². The van der Waals surface area contributed by atoms with Crippen LogP contribution in [0.2, 0.25) is 25.7 Å². The highest BCUT2D eigenvalue weighted by Crippen LogP contribution is 2.11. The summed E-state index contributed by atoms with van der Waals surface area (Å²) in [6, 6.07) is 0.826. The van der Waals surface area contributed by atoms with Gasteiger partial charge in [0.2, 0.25) is 0 Å². The third kappa shape index (κ3) is 5.76. The zero-order valence-electron chi connectivity index (χ0n) is 5.86. The van der Waals surface area contributed by atoms with Crippen molar-refractivity contribution in [2.24, 2.45) is 0 Å². The smallest absolute Gasteiger partial charge is 0.0824 e. The van der Waals surface area contributed by atoms with E-state index >= 15 is 0 Å². The minimum atomic E-state index is -1.07. The summed E-state index contributed by atoms with van der Waals surface area (Å²) in [4.78, 5) is 0. The third-order valence-electron chi connectivity index (χ3n) is 0.734. The maximum atomic E-state index is 8.73. The van der Waals surface area contributed by atoms with Gasteiger partial charge in [-0.2, -0.15) is 0 Å². The number of aliphatic hydroxyl groups excluding tert-OH is 1. The highest BCUT2D eigenvalue weighted by atomic mass is 28.3. The average Bonchev–Trinajstić information content (AvgIpc) is 1.21. The van der Waals surface area contributed by atoms with Crippen molar-refractivity contribution >= 4 is 8.07 Å². The van der Waals surface area contributed by atoms with Crippen molar-refractivity contribution < 1.29 is 5.11 Å². The summed E-state index contributed by atoms with van der Waals surface area (Å²) in [5.41, 5.74) is 0. The number of hydrogen-bond acceptors (Lipinski definition) is 1. The van der Waals surface area contributed by atoms with Gasteiger partial charge < -0.3 is 5.11 Å². The Morgan fingerprint density at radius 3 is 1.88 bits per heavy atom. The van der Waals surface area contributed by atoms with Gasteiger partial charge in [-0.05, 0) is 6.04 Å². The number of allylic oxidation sites excluding steroid dienone is 1. The zero-order valence-corrected chi connectivity index (χ0v) is 6.86. The molecule has 1 N–H and O–H groups in total. The summed E-state index contributed by atoms with van der Waals surface area (Å²) in [5.74, 6) is 0.337. The fraction of sp³-hybridized carbons (Fsp3) is 0.667. The van der Waals surface area contributed by atoms with Crippen LogP contribution in [0.3, 0.4) is 0 Å². The monoisotopic (exact) mass is 130 g/mol. The van der Waals surface area contributed by atoms with Gasteiger partial charge in [-0.15, -0.1) is 0 Å². The molecule has 0 unspecified atom stereocenters. The van der Waals surface area contributed by atoms with Crippen LogP contribution < -0.4 is 0 Å². The molecule has 0 aromatic heterocycles. The minimum Gasteiger partial charge on any atom is -0.513 e. The second-order valence-electron chi connectivity index (χ2n) is 3.30. The molecular formula is C6H14OSi. The van der Waals surface area contributed by atoms with Gasteiger partial charge in [-0.1, -0.05) is 26.2 Å². The molecule has 0 aromatic carbocycles. The quantitative estimate of drug-likeness (QED) is 0.449. The van der Waals surface area contributed by atoms with Crippen LogP contribution in [0.5, 0.6) is 0 Å². The molecule has 0 radical (unpaired) electrons. The van der Waals surface area contributed by atoms with E-state index in [4.69, 9.17) is 5.11 Å². The van der Waals surface area contributed by atoms with E-state index in [1.165, 1.54) is 0 Å². The molecule has 0 amide bonds. The number of hydrogen-bond donors (Lipinski definition) is 1. The fourth-order valence-electron chi connectivity index (χ4n) is 0.612. The lowest BCUT2D eigenvalue weighted by atomic mass is 10.7. The van der Waals surface area contributed by atoms with Crippen molar-refractivity contribution in [2.75, 3.05) is 0 Å². The van der Waals surface area contributed by atoms with E-state index in [9.17, 15) is 0 Å². The van der Waals surface area contributed by atoms with E-state index in [0.717, 1.165) is 6.04 Å². The molecule has 0 aliphatic carbocycles. The SMILES string of the molecule is C=C(O)C[Si](C)(C)C. The standard InChI is InChI=1S/C6H14OSi/c1-6(7)5-8(2,3)4/h7H,1,5H2,2-4H3. The van der Waals surface area contributed by atoms with Gasteiger partial charge in [0.05, 0.1) is 13.8 Å². The first-order chi connectivity index (χ1) is 3.42. The minimum absolute atomic E-state index is 0.337. The molecule has 1 nitrogen and oxygen atoms in total. The molecule has 0 aromatic rings. The highest BCUT2D eigenvalue weighted by molar-refractivity contribution is 6.76. The Kier molecular flexibility index (Phi) is 2.28. The van der Waals surface area contributed by atoms with Gasteiger partial charge >= 0.3 is 0 Å². The molecule has 0 bridgehead atoms. The summed E-state index contributed by atoms with van der Waals surface area (Å²) in [7, 11) is -1.07. The zero-order chi connectivity index (χ0) is 6.78. The van der Waals surface area contributed by atoms with Gasteiger partial charge in [0, 0.05) is 0 Å². The third-order valence-corrected chi connectivity index (χ3v) is 2.20. The first-order valence-corrected chi connectivity index (χ1v) is 6.49. The molecular weight excluding hydrogens is 116 g/mol. The summed E-state index contributed by atoms with van der Waals surface area (Å²) in [6.07, 6.45) is 0. The first-order valence-electron chi connectivity index (χ1n) is 2.78. The molecule has 0 spiro atoms. The van der Waals surface area contributed by atoms with E-state index in [1.807, 2.05) is 0 Å². The topological polar surface area (TPSA) is 20.2 Å². The van der Waals surface area contributed by atoms with E-state index in [-0.39, 0.29) is 0 Å². The summed E-state index contributed by atoms with van der Waals surface area (Å²) in [5, 5.41) is 8.73. The highest BCUT2D eigenvalue weighted by Gasteiger charge is 2.13. The van der Waals surface area contributed by atoms with Crippen molar-refractivity contribution in [1.82, 2.24) is 0 Å². The van der Waals surface area contributed by atoms with Crippen molar-refractivity contribution in [3.63, 3.8) is 0 Å². The maximum absolute atomic E-state index is 8.73. The molecule has 0 rings (SSSR count). The van der Waals surface area contributed by atoms with Crippen molar-refractivity contribution in [2.45, 2.75) is 25.7 Å². The van der Waals surface area contributed by atoms with E-state index in [0.29, 0.717) is 5.76 Å². The lowest BCUT2D eigenvalue weighted by molar-refractivity contribution is 0.415. The molecule has 8 heavy (non-hydrogen) atoms. The number of rotatable bonds is 2.